The summed E-state index contributed by atoms with van der Waals surface area (Å²) in [5.41, 5.74) is 3.85. The maximum absolute atomic E-state index is 12.8. The highest BCUT2D eigenvalue weighted by atomic mass is 16.5. The molecule has 0 saturated heterocycles. The summed E-state index contributed by atoms with van der Waals surface area (Å²) in [5.74, 6) is 0.203. The smallest absolute Gasteiger partial charge is 0.341 e. The second-order valence-electron chi connectivity index (χ2n) is 6.54. The lowest BCUT2D eigenvalue weighted by molar-refractivity contribution is 0.0597. The van der Waals surface area contributed by atoms with Gasteiger partial charge < -0.3 is 19.8 Å². The zero-order valence-electron chi connectivity index (χ0n) is 16.4. The van der Waals surface area contributed by atoms with Crippen molar-refractivity contribution in [1.29, 1.82) is 0 Å². The van der Waals surface area contributed by atoms with Gasteiger partial charge in [0.05, 0.1) is 25.3 Å². The number of rotatable bonds is 5. The van der Waals surface area contributed by atoms with Crippen molar-refractivity contribution in [3.05, 3.63) is 77.9 Å². The number of aromatic nitrogens is 2. The van der Waals surface area contributed by atoms with Gasteiger partial charge in [0, 0.05) is 22.9 Å². The number of H-pyrrole nitrogens is 1. The number of nitrogens with one attached hydrogen (secondary N) is 2. The van der Waals surface area contributed by atoms with Gasteiger partial charge in [-0.05, 0) is 36.4 Å². The maximum Gasteiger partial charge on any atom is 0.341 e. The standard InChI is InChI=1S/C23H19N3O4/c1-29-20-13-16(10-11-17(20)23(28)30-2)24-22(27)15-7-5-6-14(12-15)21-25-18-8-3-4-9-19(18)26-21/h3-13H,1-2H3,(H,24,27)(H,25,26). The third-order valence-electron chi connectivity index (χ3n) is 4.65. The average molecular weight is 401 g/mol. The molecule has 3 aromatic carbocycles. The minimum Gasteiger partial charge on any atom is -0.496 e. The maximum atomic E-state index is 12.8. The number of esters is 1. The molecule has 0 radical (unpaired) electrons. The third kappa shape index (κ3) is 3.73. The number of imidazole rings is 1. The van der Waals surface area contributed by atoms with Crippen LogP contribution in [-0.2, 0) is 4.74 Å². The van der Waals surface area contributed by atoms with E-state index in [0.29, 0.717) is 22.8 Å². The van der Waals surface area contributed by atoms with E-state index in [4.69, 9.17) is 9.47 Å². The molecule has 2 N–H and O–H groups in total. The normalized spacial score (nSPS) is 10.6. The molecule has 0 aliphatic carbocycles. The van der Waals surface area contributed by atoms with Crippen molar-refractivity contribution in [3.63, 3.8) is 0 Å². The number of methoxy groups -OCH3 is 2. The Morgan fingerprint density at radius 3 is 2.57 bits per heavy atom. The molecule has 7 nitrogen and oxygen atoms in total. The monoisotopic (exact) mass is 401 g/mol. The Kier molecular flexibility index (Phi) is 5.17. The van der Waals surface area contributed by atoms with Crippen molar-refractivity contribution in [1.82, 2.24) is 9.97 Å². The van der Waals surface area contributed by atoms with Gasteiger partial charge >= 0.3 is 5.97 Å². The molecule has 7 heteroatoms. The van der Waals surface area contributed by atoms with E-state index in [1.54, 1.807) is 36.4 Å². The van der Waals surface area contributed by atoms with Gasteiger partial charge in [0.2, 0.25) is 0 Å². The number of anilines is 1. The van der Waals surface area contributed by atoms with Crippen molar-refractivity contribution >= 4 is 28.6 Å². The SMILES string of the molecule is COC(=O)c1ccc(NC(=O)c2cccc(-c3nc4ccccc4[nH]3)c2)cc1OC. The van der Waals surface area contributed by atoms with Gasteiger partial charge in [-0.3, -0.25) is 4.79 Å². The molecular weight excluding hydrogens is 382 g/mol. The second kappa shape index (κ2) is 8.08. The Morgan fingerprint density at radius 2 is 1.80 bits per heavy atom. The summed E-state index contributed by atoms with van der Waals surface area (Å²) in [4.78, 5) is 32.4. The van der Waals surface area contributed by atoms with Crippen LogP contribution in [0, 0.1) is 0 Å². The van der Waals surface area contributed by atoms with Gasteiger partial charge in [0.25, 0.3) is 5.91 Å². The number of benzene rings is 3. The summed E-state index contributed by atoms with van der Waals surface area (Å²) in [6, 6.07) is 19.7. The Labute approximate surface area is 172 Å². The molecule has 1 amide bonds. The fourth-order valence-electron chi connectivity index (χ4n) is 3.15. The van der Waals surface area contributed by atoms with Gasteiger partial charge in [-0.25, -0.2) is 9.78 Å². The van der Waals surface area contributed by atoms with Crippen LogP contribution in [0.3, 0.4) is 0 Å². The lowest BCUT2D eigenvalue weighted by Crippen LogP contribution is -2.12. The number of hydrogen-bond acceptors (Lipinski definition) is 5. The summed E-state index contributed by atoms with van der Waals surface area (Å²) in [6.45, 7) is 0. The molecule has 0 unspecified atom stereocenters. The van der Waals surface area contributed by atoms with Crippen LogP contribution in [0.25, 0.3) is 22.4 Å². The molecule has 30 heavy (non-hydrogen) atoms. The van der Waals surface area contributed by atoms with Gasteiger partial charge in [-0.1, -0.05) is 24.3 Å². The van der Waals surface area contributed by atoms with Crippen molar-refractivity contribution in [2.45, 2.75) is 0 Å². The van der Waals surface area contributed by atoms with Crippen LogP contribution in [0.4, 0.5) is 5.69 Å². The molecule has 1 aromatic heterocycles. The minimum absolute atomic E-state index is 0.282. The fraction of sp³-hybridized carbons (Fsp3) is 0.0870. The highest BCUT2D eigenvalue weighted by Gasteiger charge is 2.15. The number of aromatic amines is 1. The topological polar surface area (TPSA) is 93.3 Å². The molecule has 4 rings (SSSR count). The van der Waals surface area contributed by atoms with Crippen molar-refractivity contribution < 1.29 is 19.1 Å². The first-order chi connectivity index (χ1) is 14.6. The number of para-hydroxylation sites is 2. The molecule has 0 bridgehead atoms. The van der Waals surface area contributed by atoms with Crippen LogP contribution in [-0.4, -0.2) is 36.1 Å². The van der Waals surface area contributed by atoms with Gasteiger partial charge in [0.1, 0.15) is 17.1 Å². The Balaban J connectivity index is 1.58. The number of carbonyl (C=O) groups excluding carboxylic acids is 2. The molecule has 4 aromatic rings. The number of amides is 1. The van der Waals surface area contributed by atoms with Crippen LogP contribution in [0.1, 0.15) is 20.7 Å². The van der Waals surface area contributed by atoms with E-state index in [1.165, 1.54) is 14.2 Å². The van der Waals surface area contributed by atoms with Gasteiger partial charge in [-0.15, -0.1) is 0 Å². The lowest BCUT2D eigenvalue weighted by Gasteiger charge is -2.11. The molecule has 0 atom stereocenters. The van der Waals surface area contributed by atoms with Gasteiger partial charge in [-0.2, -0.15) is 0 Å². The van der Waals surface area contributed by atoms with E-state index in [0.717, 1.165) is 16.6 Å². The fourth-order valence-corrected chi connectivity index (χ4v) is 3.15. The average Bonchev–Trinajstić information content (AvgIpc) is 3.23. The van der Waals surface area contributed by atoms with Crippen LogP contribution in [0.15, 0.2) is 66.7 Å². The quantitative estimate of drug-likeness (QED) is 0.487. The Morgan fingerprint density at radius 1 is 0.967 bits per heavy atom. The molecule has 150 valence electrons. The zero-order chi connectivity index (χ0) is 21.1. The van der Waals surface area contributed by atoms with Crippen LogP contribution in [0.2, 0.25) is 0 Å². The molecule has 0 aliphatic rings. The van der Waals surface area contributed by atoms with Crippen LogP contribution in [0.5, 0.6) is 5.75 Å². The molecule has 0 fully saturated rings. The molecule has 0 spiro atoms. The van der Waals surface area contributed by atoms with Crippen molar-refractivity contribution in [3.8, 4) is 17.1 Å². The van der Waals surface area contributed by atoms with E-state index < -0.39 is 5.97 Å². The Bertz CT molecular complexity index is 1210. The zero-order valence-corrected chi connectivity index (χ0v) is 16.4. The largest absolute Gasteiger partial charge is 0.496 e. The summed E-state index contributed by atoms with van der Waals surface area (Å²) in [6.07, 6.45) is 0. The first kappa shape index (κ1) is 19.2. The predicted molar refractivity (Wildman–Crippen MR) is 114 cm³/mol. The van der Waals surface area contributed by atoms with Crippen LogP contribution < -0.4 is 10.1 Å². The number of carbonyl (C=O) groups is 2. The van der Waals surface area contributed by atoms with Crippen LogP contribution >= 0.6 is 0 Å². The summed E-state index contributed by atoms with van der Waals surface area (Å²) < 4.78 is 9.97. The minimum atomic E-state index is -0.511. The summed E-state index contributed by atoms with van der Waals surface area (Å²) >= 11 is 0. The van der Waals surface area contributed by atoms with Gasteiger partial charge in [0.15, 0.2) is 0 Å². The third-order valence-corrected chi connectivity index (χ3v) is 4.65. The number of nitrogens with zero attached hydrogens (tertiary/aromatic N) is 1. The van der Waals surface area contributed by atoms with E-state index >= 15 is 0 Å². The summed E-state index contributed by atoms with van der Waals surface area (Å²) in [7, 11) is 2.75. The lowest BCUT2D eigenvalue weighted by atomic mass is 10.1. The number of hydrogen-bond donors (Lipinski definition) is 2. The molecule has 0 saturated carbocycles. The summed E-state index contributed by atoms with van der Waals surface area (Å²) in [5, 5.41) is 2.82. The number of ether oxygens (including phenoxy) is 2. The van der Waals surface area contributed by atoms with Crippen molar-refractivity contribution in [2.75, 3.05) is 19.5 Å². The first-order valence-corrected chi connectivity index (χ1v) is 9.22. The van der Waals surface area contributed by atoms with E-state index in [9.17, 15) is 9.59 Å². The molecule has 0 aliphatic heterocycles. The predicted octanol–water partition coefficient (Wildman–Crippen LogP) is 4.28. The van der Waals surface area contributed by atoms with E-state index in [1.807, 2.05) is 30.3 Å². The Hall–Kier alpha value is -4.13. The first-order valence-electron chi connectivity index (χ1n) is 9.22. The van der Waals surface area contributed by atoms with E-state index in [-0.39, 0.29) is 11.5 Å². The van der Waals surface area contributed by atoms with E-state index in [2.05, 4.69) is 15.3 Å². The molecule has 1 heterocycles. The number of fused-ring (bicyclic) bond motifs is 1. The van der Waals surface area contributed by atoms with Crippen molar-refractivity contribution in [2.24, 2.45) is 0 Å². The molecular formula is C23H19N3O4. The highest BCUT2D eigenvalue weighted by Crippen LogP contribution is 2.25. The second-order valence-corrected chi connectivity index (χ2v) is 6.54. The highest BCUT2D eigenvalue weighted by molar-refractivity contribution is 6.05.